The summed E-state index contributed by atoms with van der Waals surface area (Å²) in [6.07, 6.45) is 2.06. The van der Waals surface area contributed by atoms with Crippen molar-refractivity contribution in [1.29, 1.82) is 5.26 Å². The molecule has 4 rings (SSSR count). The van der Waals surface area contributed by atoms with Crippen molar-refractivity contribution in [2.24, 2.45) is 0 Å². The molecule has 1 N–H and O–H groups in total. The Labute approximate surface area is 190 Å². The number of fused-ring (bicyclic) bond motifs is 1. The summed E-state index contributed by atoms with van der Waals surface area (Å²) in [5, 5.41) is 14.3. The SMILES string of the molecule is CC(C)(C)[S+]([O-])NC(Cc1ccc(C#N)cn1)c1ccccc1-c1noc2ccccc12. The molecule has 2 aromatic carbocycles. The molecule has 0 radical (unpaired) electrons. The zero-order valence-electron chi connectivity index (χ0n) is 18.2. The van der Waals surface area contributed by atoms with E-state index in [1.807, 2.05) is 75.4 Å². The van der Waals surface area contributed by atoms with Crippen LogP contribution in [0.3, 0.4) is 0 Å². The van der Waals surface area contributed by atoms with Crippen molar-refractivity contribution in [3.63, 3.8) is 0 Å². The van der Waals surface area contributed by atoms with E-state index in [0.717, 1.165) is 27.9 Å². The van der Waals surface area contributed by atoms with Gasteiger partial charge in [-0.1, -0.05) is 41.6 Å². The normalized spacial score (nSPS) is 13.6. The molecule has 0 aliphatic rings. The molecular weight excluding hydrogens is 420 g/mol. The van der Waals surface area contributed by atoms with Gasteiger partial charge in [-0.05, 0) is 50.6 Å². The molecule has 2 unspecified atom stereocenters. The van der Waals surface area contributed by atoms with Gasteiger partial charge in [0.25, 0.3) is 0 Å². The number of nitrogens with zero attached hydrogens (tertiary/aromatic N) is 3. The second-order valence-corrected chi connectivity index (χ2v) is 10.5. The van der Waals surface area contributed by atoms with Gasteiger partial charge in [-0.25, -0.2) is 0 Å². The highest BCUT2D eigenvalue weighted by Crippen LogP contribution is 2.34. The maximum atomic E-state index is 13.1. The maximum Gasteiger partial charge on any atom is 0.167 e. The molecule has 0 bridgehead atoms. The van der Waals surface area contributed by atoms with Crippen LogP contribution in [0.5, 0.6) is 0 Å². The first-order chi connectivity index (χ1) is 15.4. The zero-order chi connectivity index (χ0) is 22.7. The Morgan fingerprint density at radius 1 is 1.09 bits per heavy atom. The minimum absolute atomic E-state index is 0.290. The molecule has 0 aliphatic heterocycles. The van der Waals surface area contributed by atoms with Crippen LogP contribution in [0.2, 0.25) is 0 Å². The number of rotatable bonds is 6. The summed E-state index contributed by atoms with van der Waals surface area (Å²) in [7, 11) is 0. The summed E-state index contributed by atoms with van der Waals surface area (Å²) in [4.78, 5) is 4.43. The van der Waals surface area contributed by atoms with Gasteiger partial charge in [0.1, 0.15) is 16.5 Å². The average molecular weight is 445 g/mol. The van der Waals surface area contributed by atoms with Crippen molar-refractivity contribution in [3.05, 3.63) is 83.7 Å². The van der Waals surface area contributed by atoms with E-state index in [-0.39, 0.29) is 6.04 Å². The number of aromatic nitrogens is 2. The molecule has 2 heterocycles. The van der Waals surface area contributed by atoms with Crippen LogP contribution < -0.4 is 4.72 Å². The van der Waals surface area contributed by atoms with E-state index in [4.69, 9.17) is 9.78 Å². The fourth-order valence-corrected chi connectivity index (χ4v) is 4.26. The predicted molar refractivity (Wildman–Crippen MR) is 126 cm³/mol. The van der Waals surface area contributed by atoms with E-state index < -0.39 is 16.1 Å². The molecule has 4 aromatic rings. The minimum Gasteiger partial charge on any atom is -0.598 e. The predicted octanol–water partition coefficient (Wildman–Crippen LogP) is 5.10. The van der Waals surface area contributed by atoms with Gasteiger partial charge in [-0.3, -0.25) is 4.98 Å². The highest BCUT2D eigenvalue weighted by molar-refractivity contribution is 7.90. The van der Waals surface area contributed by atoms with E-state index in [1.165, 1.54) is 0 Å². The maximum absolute atomic E-state index is 13.1. The van der Waals surface area contributed by atoms with Gasteiger partial charge in [0.2, 0.25) is 0 Å². The van der Waals surface area contributed by atoms with Crippen molar-refractivity contribution in [3.8, 4) is 17.3 Å². The van der Waals surface area contributed by atoms with Crippen LogP contribution in [0.25, 0.3) is 22.2 Å². The number of pyridine rings is 1. The first-order valence-electron chi connectivity index (χ1n) is 10.3. The minimum atomic E-state index is -1.30. The second kappa shape index (κ2) is 9.13. The van der Waals surface area contributed by atoms with E-state index in [2.05, 4.69) is 20.9 Å². The molecular formula is C25H24N4O2S. The molecule has 0 saturated heterocycles. The number of para-hydroxylation sites is 1. The number of hydrogen-bond donors (Lipinski definition) is 1. The van der Waals surface area contributed by atoms with Gasteiger partial charge < -0.3 is 9.08 Å². The largest absolute Gasteiger partial charge is 0.598 e. The van der Waals surface area contributed by atoms with Gasteiger partial charge in [0.05, 0.1) is 11.6 Å². The smallest absolute Gasteiger partial charge is 0.167 e. The average Bonchev–Trinajstić information content (AvgIpc) is 3.22. The fourth-order valence-electron chi connectivity index (χ4n) is 3.44. The summed E-state index contributed by atoms with van der Waals surface area (Å²) in [6.45, 7) is 5.80. The Kier molecular flexibility index (Phi) is 6.28. The Morgan fingerprint density at radius 3 is 2.56 bits per heavy atom. The van der Waals surface area contributed by atoms with E-state index >= 15 is 0 Å². The monoisotopic (exact) mass is 444 g/mol. The fraction of sp³-hybridized carbons (Fsp3) is 0.240. The van der Waals surface area contributed by atoms with E-state index in [1.54, 1.807) is 12.3 Å². The molecule has 0 aliphatic carbocycles. The standard InChI is InChI=1S/C25H24N4O2S/c1-25(2,3)32(30)29-22(14-18-13-12-17(15-26)16-27-18)19-8-4-5-9-20(19)24-21-10-6-7-11-23(21)31-28-24/h4-13,16,22,29H,14H2,1-3H3. The molecule has 6 nitrogen and oxygen atoms in total. The number of nitriles is 1. The van der Waals surface area contributed by atoms with Crippen molar-refractivity contribution in [1.82, 2.24) is 14.9 Å². The summed E-state index contributed by atoms with van der Waals surface area (Å²) < 4.78 is 21.5. The Bertz CT molecular complexity index is 1260. The van der Waals surface area contributed by atoms with Gasteiger partial charge in [-0.15, -0.1) is 4.72 Å². The summed E-state index contributed by atoms with van der Waals surface area (Å²) in [6, 6.07) is 21.1. The van der Waals surface area contributed by atoms with Crippen molar-refractivity contribution < 1.29 is 9.08 Å². The zero-order valence-corrected chi connectivity index (χ0v) is 19.0. The third-order valence-electron chi connectivity index (χ3n) is 5.14. The molecule has 2 aromatic heterocycles. The molecule has 32 heavy (non-hydrogen) atoms. The van der Waals surface area contributed by atoms with Crippen LogP contribution in [0.1, 0.15) is 43.6 Å². The molecule has 0 amide bonds. The molecule has 0 spiro atoms. The quantitative estimate of drug-likeness (QED) is 0.416. The molecule has 0 saturated carbocycles. The van der Waals surface area contributed by atoms with Crippen molar-refractivity contribution in [2.45, 2.75) is 38.0 Å². The Balaban J connectivity index is 1.78. The summed E-state index contributed by atoms with van der Waals surface area (Å²) in [5.74, 6) is 0. The Hall–Kier alpha value is -3.18. The highest BCUT2D eigenvalue weighted by atomic mass is 32.2. The van der Waals surface area contributed by atoms with Gasteiger partial charge >= 0.3 is 0 Å². The lowest BCUT2D eigenvalue weighted by Gasteiger charge is -2.29. The van der Waals surface area contributed by atoms with Gasteiger partial charge in [0.15, 0.2) is 5.58 Å². The first kappa shape index (κ1) is 22.0. The van der Waals surface area contributed by atoms with Crippen LogP contribution >= 0.6 is 0 Å². The number of nitrogens with one attached hydrogen (secondary N) is 1. The molecule has 2 atom stereocenters. The lowest BCUT2D eigenvalue weighted by atomic mass is 9.94. The molecule has 7 heteroatoms. The first-order valence-corrected chi connectivity index (χ1v) is 11.5. The van der Waals surface area contributed by atoms with E-state index in [9.17, 15) is 4.55 Å². The van der Waals surface area contributed by atoms with Crippen molar-refractivity contribution >= 4 is 22.3 Å². The van der Waals surface area contributed by atoms with Crippen LogP contribution in [-0.4, -0.2) is 19.4 Å². The lowest BCUT2D eigenvalue weighted by Crippen LogP contribution is -2.42. The van der Waals surface area contributed by atoms with Crippen LogP contribution in [0.15, 0.2) is 71.4 Å². The molecule has 162 valence electrons. The third-order valence-corrected chi connectivity index (χ3v) is 6.75. The summed E-state index contributed by atoms with van der Waals surface area (Å²) in [5.41, 5.74) is 4.63. The highest BCUT2D eigenvalue weighted by Gasteiger charge is 2.31. The van der Waals surface area contributed by atoms with Crippen LogP contribution in [-0.2, 0) is 17.8 Å². The van der Waals surface area contributed by atoms with E-state index in [0.29, 0.717) is 17.6 Å². The Morgan fingerprint density at radius 2 is 1.84 bits per heavy atom. The van der Waals surface area contributed by atoms with Gasteiger partial charge in [-0.2, -0.15) is 5.26 Å². The number of hydrogen-bond acceptors (Lipinski definition) is 6. The number of benzene rings is 2. The topological polar surface area (TPSA) is 97.8 Å². The molecule has 0 fully saturated rings. The van der Waals surface area contributed by atoms with Crippen LogP contribution in [0.4, 0.5) is 0 Å². The van der Waals surface area contributed by atoms with Crippen LogP contribution in [0, 0.1) is 11.3 Å². The lowest BCUT2D eigenvalue weighted by molar-refractivity contribution is 0.459. The van der Waals surface area contributed by atoms with Gasteiger partial charge in [0, 0.05) is 40.6 Å². The third kappa shape index (κ3) is 4.68. The van der Waals surface area contributed by atoms with Crippen molar-refractivity contribution in [2.75, 3.05) is 0 Å². The second-order valence-electron chi connectivity index (χ2n) is 8.52. The summed E-state index contributed by atoms with van der Waals surface area (Å²) >= 11 is -1.30.